The SMILES string of the molecule is COCCOc1ccc2c(C#N)c(-c3ccc(NC(=O)OC(C)C(F)(F)F)cc3)n(C(C)C)c2c1. The Labute approximate surface area is 201 Å². The molecular formula is C25H26F3N3O4. The predicted molar refractivity (Wildman–Crippen MR) is 125 cm³/mol. The molecule has 1 atom stereocenters. The molecule has 3 aromatic rings. The molecule has 1 aromatic heterocycles. The molecule has 10 heteroatoms. The van der Waals surface area contributed by atoms with E-state index in [-0.39, 0.29) is 11.7 Å². The number of hydrogen-bond donors (Lipinski definition) is 1. The van der Waals surface area contributed by atoms with Gasteiger partial charge in [0.25, 0.3) is 0 Å². The van der Waals surface area contributed by atoms with E-state index in [4.69, 9.17) is 9.47 Å². The minimum Gasteiger partial charge on any atom is -0.491 e. The zero-order valence-corrected chi connectivity index (χ0v) is 19.8. The second-order valence-corrected chi connectivity index (χ2v) is 8.11. The third-order valence-corrected chi connectivity index (χ3v) is 5.31. The number of nitriles is 1. The number of ether oxygens (including phenoxy) is 3. The Bertz CT molecular complexity index is 1230. The van der Waals surface area contributed by atoms with Crippen molar-refractivity contribution in [2.75, 3.05) is 25.6 Å². The van der Waals surface area contributed by atoms with Crippen LogP contribution in [0.3, 0.4) is 0 Å². The van der Waals surface area contributed by atoms with Gasteiger partial charge < -0.3 is 18.8 Å². The number of fused-ring (bicyclic) bond motifs is 1. The smallest absolute Gasteiger partial charge is 0.425 e. The van der Waals surface area contributed by atoms with E-state index < -0.39 is 18.4 Å². The van der Waals surface area contributed by atoms with Crippen molar-refractivity contribution >= 4 is 22.7 Å². The summed E-state index contributed by atoms with van der Waals surface area (Å²) in [7, 11) is 1.59. The van der Waals surface area contributed by atoms with Crippen LogP contribution in [0.15, 0.2) is 42.5 Å². The molecule has 0 radical (unpaired) electrons. The predicted octanol–water partition coefficient (Wildman–Crippen LogP) is 6.29. The number of alkyl halides is 3. The maximum Gasteiger partial charge on any atom is 0.425 e. The number of nitrogens with one attached hydrogen (secondary N) is 1. The fraction of sp³-hybridized carbons (Fsp3) is 0.360. The number of benzene rings is 2. The zero-order valence-electron chi connectivity index (χ0n) is 19.8. The van der Waals surface area contributed by atoms with Crippen LogP contribution in [-0.4, -0.2) is 43.3 Å². The molecule has 0 aliphatic rings. The summed E-state index contributed by atoms with van der Waals surface area (Å²) in [6.45, 7) is 5.58. The highest BCUT2D eigenvalue weighted by Gasteiger charge is 2.39. The van der Waals surface area contributed by atoms with Crippen molar-refractivity contribution in [3.63, 3.8) is 0 Å². The Morgan fingerprint density at radius 2 is 1.80 bits per heavy atom. The molecule has 2 aromatic carbocycles. The fourth-order valence-corrected chi connectivity index (χ4v) is 3.64. The van der Waals surface area contributed by atoms with Crippen molar-refractivity contribution in [1.82, 2.24) is 4.57 Å². The van der Waals surface area contributed by atoms with E-state index in [1.54, 1.807) is 25.3 Å². The monoisotopic (exact) mass is 489 g/mol. The van der Waals surface area contributed by atoms with Gasteiger partial charge in [0.1, 0.15) is 18.4 Å². The van der Waals surface area contributed by atoms with E-state index in [0.717, 1.165) is 17.8 Å². The van der Waals surface area contributed by atoms with Gasteiger partial charge in [-0.15, -0.1) is 0 Å². The molecular weight excluding hydrogens is 463 g/mol. The van der Waals surface area contributed by atoms with Crippen molar-refractivity contribution in [2.24, 2.45) is 0 Å². The summed E-state index contributed by atoms with van der Waals surface area (Å²) in [6.07, 6.45) is -8.09. The highest BCUT2D eigenvalue weighted by atomic mass is 19.4. The summed E-state index contributed by atoms with van der Waals surface area (Å²) in [5, 5.41) is 13.0. The number of anilines is 1. The van der Waals surface area contributed by atoms with Crippen LogP contribution in [0.5, 0.6) is 5.75 Å². The topological polar surface area (TPSA) is 85.5 Å². The van der Waals surface area contributed by atoms with Gasteiger partial charge in [-0.25, -0.2) is 4.79 Å². The minimum absolute atomic E-state index is 0.000426. The van der Waals surface area contributed by atoms with Crippen LogP contribution in [0.1, 0.15) is 32.4 Å². The maximum atomic E-state index is 12.6. The lowest BCUT2D eigenvalue weighted by Crippen LogP contribution is -2.32. The molecule has 1 unspecified atom stereocenters. The molecule has 0 spiro atoms. The van der Waals surface area contributed by atoms with E-state index in [1.807, 2.05) is 30.5 Å². The van der Waals surface area contributed by atoms with Gasteiger partial charge in [0.05, 0.1) is 23.4 Å². The van der Waals surface area contributed by atoms with Gasteiger partial charge in [0.2, 0.25) is 0 Å². The largest absolute Gasteiger partial charge is 0.491 e. The lowest BCUT2D eigenvalue weighted by Gasteiger charge is -2.17. The first-order valence-electron chi connectivity index (χ1n) is 10.9. The van der Waals surface area contributed by atoms with E-state index in [0.29, 0.717) is 35.8 Å². The standard InChI is InChI=1S/C25H26F3N3O4/c1-15(2)31-22-13-19(34-12-11-33-4)9-10-20(22)21(14-29)23(31)17-5-7-18(8-6-17)30-24(32)35-16(3)25(26,27)28/h5-10,13,15-16H,11-12H2,1-4H3,(H,30,32). The Kier molecular flexibility index (Phi) is 7.92. The second-order valence-electron chi connectivity index (χ2n) is 8.11. The first-order valence-corrected chi connectivity index (χ1v) is 10.9. The number of amides is 1. The minimum atomic E-state index is -4.65. The third kappa shape index (κ3) is 5.87. The van der Waals surface area contributed by atoms with Crippen LogP contribution in [0.2, 0.25) is 0 Å². The quantitative estimate of drug-likeness (QED) is 0.376. The maximum absolute atomic E-state index is 12.6. The summed E-state index contributed by atoms with van der Waals surface area (Å²) in [6, 6.07) is 14.3. The van der Waals surface area contributed by atoms with E-state index in [1.165, 1.54) is 12.1 Å². The molecule has 1 N–H and O–H groups in total. The van der Waals surface area contributed by atoms with Crippen LogP contribution in [-0.2, 0) is 9.47 Å². The number of carbonyl (C=O) groups is 1. The number of aromatic nitrogens is 1. The fourth-order valence-electron chi connectivity index (χ4n) is 3.64. The summed E-state index contributed by atoms with van der Waals surface area (Å²) in [5.74, 6) is 0.649. The van der Waals surface area contributed by atoms with Gasteiger partial charge in [0, 0.05) is 30.3 Å². The highest BCUT2D eigenvalue weighted by Crippen LogP contribution is 2.38. The lowest BCUT2D eigenvalue weighted by molar-refractivity contribution is -0.196. The number of halogens is 3. The molecule has 0 aliphatic carbocycles. The Balaban J connectivity index is 1.94. The van der Waals surface area contributed by atoms with Gasteiger partial charge in [0.15, 0.2) is 6.10 Å². The second kappa shape index (κ2) is 10.7. The summed E-state index contributed by atoms with van der Waals surface area (Å²) < 4.78 is 55.0. The molecule has 0 fully saturated rings. The molecule has 0 aliphatic heterocycles. The summed E-state index contributed by atoms with van der Waals surface area (Å²) >= 11 is 0. The van der Waals surface area contributed by atoms with Crippen LogP contribution >= 0.6 is 0 Å². The lowest BCUT2D eigenvalue weighted by atomic mass is 10.1. The molecule has 7 nitrogen and oxygen atoms in total. The van der Waals surface area contributed by atoms with Crippen molar-refractivity contribution < 1.29 is 32.2 Å². The molecule has 35 heavy (non-hydrogen) atoms. The number of methoxy groups -OCH3 is 1. The zero-order chi connectivity index (χ0) is 25.8. The van der Waals surface area contributed by atoms with Crippen LogP contribution in [0, 0.1) is 11.3 Å². The number of nitrogens with zero attached hydrogens (tertiary/aromatic N) is 2. The number of rotatable bonds is 8. The van der Waals surface area contributed by atoms with E-state index in [2.05, 4.69) is 16.1 Å². The van der Waals surface area contributed by atoms with Crippen molar-refractivity contribution in [2.45, 2.75) is 39.1 Å². The van der Waals surface area contributed by atoms with Crippen molar-refractivity contribution in [3.05, 3.63) is 48.0 Å². The van der Waals surface area contributed by atoms with Gasteiger partial charge >= 0.3 is 12.3 Å². The molecule has 1 heterocycles. The van der Waals surface area contributed by atoms with Gasteiger partial charge in [-0.2, -0.15) is 18.4 Å². The summed E-state index contributed by atoms with van der Waals surface area (Å²) in [4.78, 5) is 11.8. The van der Waals surface area contributed by atoms with Crippen molar-refractivity contribution in [3.8, 4) is 23.1 Å². The van der Waals surface area contributed by atoms with Crippen LogP contribution in [0.4, 0.5) is 23.7 Å². The normalized spacial score (nSPS) is 12.4. The van der Waals surface area contributed by atoms with Crippen molar-refractivity contribution in [1.29, 1.82) is 5.26 Å². The third-order valence-electron chi connectivity index (χ3n) is 5.31. The van der Waals surface area contributed by atoms with E-state index in [9.17, 15) is 23.2 Å². The molecule has 0 saturated carbocycles. The van der Waals surface area contributed by atoms with Crippen LogP contribution in [0.25, 0.3) is 22.2 Å². The highest BCUT2D eigenvalue weighted by molar-refractivity contribution is 5.95. The Hall–Kier alpha value is -3.71. The molecule has 186 valence electrons. The van der Waals surface area contributed by atoms with Crippen LogP contribution < -0.4 is 10.1 Å². The summed E-state index contributed by atoms with van der Waals surface area (Å²) in [5.41, 5.74) is 2.96. The first kappa shape index (κ1) is 25.9. The van der Waals surface area contributed by atoms with Gasteiger partial charge in [-0.3, -0.25) is 5.32 Å². The Morgan fingerprint density at radius 1 is 1.11 bits per heavy atom. The van der Waals surface area contributed by atoms with Gasteiger partial charge in [-0.1, -0.05) is 12.1 Å². The average molecular weight is 489 g/mol. The number of hydrogen-bond acceptors (Lipinski definition) is 5. The Morgan fingerprint density at radius 3 is 2.37 bits per heavy atom. The number of carbonyl (C=O) groups excluding carboxylic acids is 1. The van der Waals surface area contributed by atoms with E-state index >= 15 is 0 Å². The van der Waals surface area contributed by atoms with Gasteiger partial charge in [-0.05, 0) is 50.6 Å². The molecule has 3 rings (SSSR count). The molecule has 0 saturated heterocycles. The average Bonchev–Trinajstić information content (AvgIpc) is 3.13. The molecule has 1 amide bonds. The molecule has 0 bridgehead atoms. The first-order chi connectivity index (χ1) is 16.6.